The maximum absolute atomic E-state index is 10.4. The fraction of sp³-hybridized carbons (Fsp3) is 0.667. The van der Waals surface area contributed by atoms with Crippen LogP contribution in [-0.2, 0) is 0 Å². The minimum atomic E-state index is -0.311. The van der Waals surface area contributed by atoms with Crippen molar-refractivity contribution in [3.05, 3.63) is 35.4 Å². The highest BCUT2D eigenvalue weighted by molar-refractivity contribution is 5.25. The van der Waals surface area contributed by atoms with E-state index in [1.54, 1.807) is 0 Å². The molecule has 1 rings (SSSR count). The third kappa shape index (κ3) is 6.06. The SMILES string of the molecule is CCCCCCCCC(O)C(CN)c1ccc(C)cc1. The van der Waals surface area contributed by atoms with Crippen LogP contribution in [-0.4, -0.2) is 17.8 Å². The molecular formula is C18H31NO. The normalized spacial score (nSPS) is 14.2. The third-order valence-electron chi connectivity index (χ3n) is 4.08. The molecule has 0 saturated heterocycles. The summed E-state index contributed by atoms with van der Waals surface area (Å²) >= 11 is 0. The maximum atomic E-state index is 10.4. The number of aliphatic hydroxyl groups excluding tert-OH is 1. The third-order valence-corrected chi connectivity index (χ3v) is 4.08. The number of hydrogen-bond donors (Lipinski definition) is 2. The standard InChI is InChI=1S/C18H31NO/c1-3-4-5-6-7-8-9-18(20)17(14-19)16-12-10-15(2)11-13-16/h10-13,17-18,20H,3-9,14,19H2,1-2H3. The van der Waals surface area contributed by atoms with E-state index in [4.69, 9.17) is 5.73 Å². The van der Waals surface area contributed by atoms with Crippen molar-refractivity contribution in [2.75, 3.05) is 6.54 Å². The summed E-state index contributed by atoms with van der Waals surface area (Å²) in [5.74, 6) is 0.0752. The minimum Gasteiger partial charge on any atom is -0.392 e. The molecule has 0 radical (unpaired) electrons. The van der Waals surface area contributed by atoms with E-state index in [0.29, 0.717) is 6.54 Å². The van der Waals surface area contributed by atoms with E-state index in [2.05, 4.69) is 38.1 Å². The average molecular weight is 277 g/mol. The summed E-state index contributed by atoms with van der Waals surface area (Å²) in [6.07, 6.45) is 8.11. The number of aryl methyl sites for hydroxylation is 1. The molecule has 1 aromatic rings. The van der Waals surface area contributed by atoms with Gasteiger partial charge in [-0.3, -0.25) is 0 Å². The zero-order valence-corrected chi connectivity index (χ0v) is 13.1. The second-order valence-corrected chi connectivity index (χ2v) is 5.88. The minimum absolute atomic E-state index is 0.0752. The highest BCUT2D eigenvalue weighted by atomic mass is 16.3. The molecule has 3 N–H and O–H groups in total. The molecule has 0 aliphatic rings. The molecule has 0 aromatic heterocycles. The fourth-order valence-electron chi connectivity index (χ4n) is 2.66. The Morgan fingerprint density at radius 2 is 1.60 bits per heavy atom. The molecule has 0 aliphatic heterocycles. The fourth-order valence-corrected chi connectivity index (χ4v) is 2.66. The first-order valence-corrected chi connectivity index (χ1v) is 8.13. The average Bonchev–Trinajstić information content (AvgIpc) is 2.45. The van der Waals surface area contributed by atoms with Gasteiger partial charge in [-0.05, 0) is 18.9 Å². The van der Waals surface area contributed by atoms with E-state index in [1.807, 2.05) is 0 Å². The largest absolute Gasteiger partial charge is 0.392 e. The Hall–Kier alpha value is -0.860. The number of hydrogen-bond acceptors (Lipinski definition) is 2. The number of unbranched alkanes of at least 4 members (excludes halogenated alkanes) is 5. The summed E-state index contributed by atoms with van der Waals surface area (Å²) in [5.41, 5.74) is 8.26. The smallest absolute Gasteiger partial charge is 0.0620 e. The zero-order chi connectivity index (χ0) is 14.8. The van der Waals surface area contributed by atoms with Crippen LogP contribution in [0.4, 0.5) is 0 Å². The van der Waals surface area contributed by atoms with Gasteiger partial charge < -0.3 is 10.8 Å². The van der Waals surface area contributed by atoms with Crippen LogP contribution in [0.1, 0.15) is 68.9 Å². The number of benzene rings is 1. The van der Waals surface area contributed by atoms with Crippen LogP contribution < -0.4 is 5.73 Å². The maximum Gasteiger partial charge on any atom is 0.0620 e. The molecule has 114 valence electrons. The van der Waals surface area contributed by atoms with Crippen molar-refractivity contribution in [1.82, 2.24) is 0 Å². The molecule has 0 heterocycles. The van der Waals surface area contributed by atoms with Crippen LogP contribution in [0.5, 0.6) is 0 Å². The van der Waals surface area contributed by atoms with Gasteiger partial charge in [0.2, 0.25) is 0 Å². The first-order chi connectivity index (χ1) is 9.69. The summed E-state index contributed by atoms with van der Waals surface area (Å²) in [4.78, 5) is 0. The van der Waals surface area contributed by atoms with E-state index in [9.17, 15) is 5.11 Å². The lowest BCUT2D eigenvalue weighted by atomic mass is 9.90. The van der Waals surface area contributed by atoms with Crippen molar-refractivity contribution in [3.8, 4) is 0 Å². The molecule has 2 unspecified atom stereocenters. The molecule has 0 aliphatic carbocycles. The first kappa shape index (κ1) is 17.2. The highest BCUT2D eigenvalue weighted by Crippen LogP contribution is 2.23. The van der Waals surface area contributed by atoms with Crippen LogP contribution >= 0.6 is 0 Å². The summed E-state index contributed by atoms with van der Waals surface area (Å²) in [5, 5.41) is 10.4. The molecule has 2 heteroatoms. The van der Waals surface area contributed by atoms with Crippen molar-refractivity contribution in [2.24, 2.45) is 5.73 Å². The predicted molar refractivity (Wildman–Crippen MR) is 87.0 cm³/mol. The summed E-state index contributed by atoms with van der Waals surface area (Å²) in [6.45, 7) is 4.82. The van der Waals surface area contributed by atoms with Crippen molar-refractivity contribution < 1.29 is 5.11 Å². The molecule has 20 heavy (non-hydrogen) atoms. The van der Waals surface area contributed by atoms with Gasteiger partial charge in [0.1, 0.15) is 0 Å². The monoisotopic (exact) mass is 277 g/mol. The Labute approximate surface area is 124 Å². The van der Waals surface area contributed by atoms with Gasteiger partial charge >= 0.3 is 0 Å². The van der Waals surface area contributed by atoms with Crippen LogP contribution in [0.25, 0.3) is 0 Å². The molecule has 0 fully saturated rings. The molecule has 0 spiro atoms. The zero-order valence-electron chi connectivity index (χ0n) is 13.1. The predicted octanol–water partition coefficient (Wildman–Crippen LogP) is 4.15. The van der Waals surface area contributed by atoms with E-state index < -0.39 is 0 Å². The topological polar surface area (TPSA) is 46.2 Å². The van der Waals surface area contributed by atoms with Gasteiger partial charge in [-0.25, -0.2) is 0 Å². The van der Waals surface area contributed by atoms with E-state index >= 15 is 0 Å². The van der Waals surface area contributed by atoms with Gasteiger partial charge in [0.05, 0.1) is 6.10 Å². The van der Waals surface area contributed by atoms with Gasteiger partial charge in [0.15, 0.2) is 0 Å². The Morgan fingerprint density at radius 3 is 2.20 bits per heavy atom. The Kier molecular flexibility index (Phi) is 8.56. The van der Waals surface area contributed by atoms with Gasteiger partial charge in [-0.15, -0.1) is 0 Å². The molecule has 2 nitrogen and oxygen atoms in total. The number of rotatable bonds is 10. The van der Waals surface area contributed by atoms with Gasteiger partial charge in [-0.2, -0.15) is 0 Å². The van der Waals surface area contributed by atoms with E-state index in [0.717, 1.165) is 18.4 Å². The first-order valence-electron chi connectivity index (χ1n) is 8.13. The lowest BCUT2D eigenvalue weighted by Gasteiger charge is -2.22. The van der Waals surface area contributed by atoms with Crippen LogP contribution in [0.15, 0.2) is 24.3 Å². The lowest BCUT2D eigenvalue weighted by molar-refractivity contribution is 0.132. The van der Waals surface area contributed by atoms with Gasteiger partial charge in [0, 0.05) is 12.5 Å². The molecule has 0 amide bonds. The van der Waals surface area contributed by atoms with Crippen molar-refractivity contribution in [1.29, 1.82) is 0 Å². The Balaban J connectivity index is 2.35. The van der Waals surface area contributed by atoms with Gasteiger partial charge in [0.25, 0.3) is 0 Å². The van der Waals surface area contributed by atoms with Gasteiger partial charge in [-0.1, -0.05) is 75.3 Å². The summed E-state index contributed by atoms with van der Waals surface area (Å²) in [7, 11) is 0. The number of aliphatic hydroxyl groups is 1. The molecule has 0 bridgehead atoms. The Bertz CT molecular complexity index is 347. The van der Waals surface area contributed by atoms with Crippen molar-refractivity contribution in [2.45, 2.75) is 70.8 Å². The number of nitrogens with two attached hydrogens (primary N) is 1. The quantitative estimate of drug-likeness (QED) is 0.631. The van der Waals surface area contributed by atoms with Crippen molar-refractivity contribution >= 4 is 0 Å². The molecule has 0 saturated carbocycles. The molecule has 1 aromatic carbocycles. The van der Waals surface area contributed by atoms with Crippen LogP contribution in [0.2, 0.25) is 0 Å². The highest BCUT2D eigenvalue weighted by Gasteiger charge is 2.19. The van der Waals surface area contributed by atoms with E-state index in [-0.39, 0.29) is 12.0 Å². The summed E-state index contributed by atoms with van der Waals surface area (Å²) < 4.78 is 0. The van der Waals surface area contributed by atoms with Crippen molar-refractivity contribution in [3.63, 3.8) is 0 Å². The second-order valence-electron chi connectivity index (χ2n) is 5.88. The molecule has 2 atom stereocenters. The molecular weight excluding hydrogens is 246 g/mol. The summed E-state index contributed by atoms with van der Waals surface area (Å²) in [6, 6.07) is 8.37. The van der Waals surface area contributed by atoms with Crippen LogP contribution in [0.3, 0.4) is 0 Å². The Morgan fingerprint density at radius 1 is 1.00 bits per heavy atom. The second kappa shape index (κ2) is 9.95. The van der Waals surface area contributed by atoms with Crippen LogP contribution in [0, 0.1) is 6.92 Å². The lowest BCUT2D eigenvalue weighted by Crippen LogP contribution is -2.25. The van der Waals surface area contributed by atoms with E-state index in [1.165, 1.54) is 37.7 Å².